The van der Waals surface area contributed by atoms with E-state index >= 15 is 0 Å². The lowest BCUT2D eigenvalue weighted by Gasteiger charge is -2.15. The summed E-state index contributed by atoms with van der Waals surface area (Å²) in [7, 11) is 0. The standard InChI is InChI=1S/C17H20BrN5O2S/c1-5-6-12-7-13-16(26-12)19-11(4)23(17(13)25)21-15(24)10(3)22-8-14(18)9(2)20-22/h7-8,10H,5-6H2,1-4H3,(H,21,24)/t10-/m0/s1. The Balaban J connectivity index is 1.92. The first-order chi connectivity index (χ1) is 12.3. The third-order valence-electron chi connectivity index (χ3n) is 4.14. The molecule has 0 spiro atoms. The van der Waals surface area contributed by atoms with Crippen molar-refractivity contribution in [2.75, 3.05) is 5.43 Å². The van der Waals surface area contributed by atoms with E-state index in [0.717, 1.165) is 27.9 Å². The highest BCUT2D eigenvalue weighted by Crippen LogP contribution is 2.23. The van der Waals surface area contributed by atoms with Gasteiger partial charge in [0.25, 0.3) is 11.5 Å². The van der Waals surface area contributed by atoms with E-state index in [-0.39, 0.29) is 11.5 Å². The molecule has 0 unspecified atom stereocenters. The van der Waals surface area contributed by atoms with Gasteiger partial charge in [-0.2, -0.15) is 5.10 Å². The van der Waals surface area contributed by atoms with E-state index in [1.54, 1.807) is 24.7 Å². The maximum atomic E-state index is 12.8. The topological polar surface area (TPSA) is 81.8 Å². The molecule has 3 aromatic rings. The summed E-state index contributed by atoms with van der Waals surface area (Å²) in [5.41, 5.74) is 3.20. The third-order valence-corrected chi connectivity index (χ3v) is 6.00. The molecule has 0 radical (unpaired) electrons. The van der Waals surface area contributed by atoms with Crippen molar-refractivity contribution < 1.29 is 4.79 Å². The number of thiophene rings is 1. The first kappa shape index (κ1) is 18.8. The highest BCUT2D eigenvalue weighted by Gasteiger charge is 2.20. The monoisotopic (exact) mass is 437 g/mol. The average molecular weight is 438 g/mol. The molecule has 3 heterocycles. The normalized spacial score (nSPS) is 12.5. The van der Waals surface area contributed by atoms with Crippen LogP contribution < -0.4 is 11.0 Å². The van der Waals surface area contributed by atoms with Gasteiger partial charge in [0.1, 0.15) is 16.7 Å². The van der Waals surface area contributed by atoms with Gasteiger partial charge in [0.15, 0.2) is 0 Å². The van der Waals surface area contributed by atoms with Crippen LogP contribution in [0.2, 0.25) is 0 Å². The number of hydrogen-bond acceptors (Lipinski definition) is 5. The van der Waals surface area contributed by atoms with E-state index in [2.05, 4.69) is 38.4 Å². The Hall–Kier alpha value is -2.00. The van der Waals surface area contributed by atoms with Crippen molar-refractivity contribution in [2.24, 2.45) is 0 Å². The van der Waals surface area contributed by atoms with E-state index in [0.29, 0.717) is 16.0 Å². The molecule has 138 valence electrons. The van der Waals surface area contributed by atoms with Crippen LogP contribution in [-0.2, 0) is 11.2 Å². The number of nitrogens with zero attached hydrogens (tertiary/aromatic N) is 4. The van der Waals surface area contributed by atoms with Gasteiger partial charge in [-0.25, -0.2) is 9.66 Å². The number of rotatable bonds is 5. The minimum absolute atomic E-state index is 0.260. The van der Waals surface area contributed by atoms with E-state index in [9.17, 15) is 9.59 Å². The minimum atomic E-state index is -0.569. The van der Waals surface area contributed by atoms with E-state index in [1.807, 2.05) is 13.0 Å². The van der Waals surface area contributed by atoms with Crippen LogP contribution in [0, 0.1) is 13.8 Å². The molecular weight excluding hydrogens is 418 g/mol. The Labute approximate surface area is 163 Å². The zero-order chi connectivity index (χ0) is 19.0. The fourth-order valence-corrected chi connectivity index (χ4v) is 4.07. The van der Waals surface area contributed by atoms with Gasteiger partial charge in [-0.1, -0.05) is 13.3 Å². The summed E-state index contributed by atoms with van der Waals surface area (Å²) < 4.78 is 3.61. The van der Waals surface area contributed by atoms with E-state index in [1.165, 1.54) is 16.0 Å². The second kappa shape index (κ2) is 7.32. The zero-order valence-corrected chi connectivity index (χ0v) is 17.4. The summed E-state index contributed by atoms with van der Waals surface area (Å²) in [5, 5.41) is 4.84. The Morgan fingerprint density at radius 3 is 2.77 bits per heavy atom. The molecule has 7 nitrogen and oxygen atoms in total. The lowest BCUT2D eigenvalue weighted by molar-refractivity contribution is -0.120. The summed E-state index contributed by atoms with van der Waals surface area (Å²) >= 11 is 4.92. The minimum Gasteiger partial charge on any atom is -0.271 e. The summed E-state index contributed by atoms with van der Waals surface area (Å²) in [5.74, 6) is 0.112. The maximum absolute atomic E-state index is 12.8. The van der Waals surface area contributed by atoms with Crippen molar-refractivity contribution in [3.8, 4) is 0 Å². The van der Waals surface area contributed by atoms with Crippen molar-refractivity contribution in [2.45, 2.75) is 46.6 Å². The van der Waals surface area contributed by atoms with Crippen molar-refractivity contribution in [3.05, 3.63) is 43.5 Å². The predicted molar refractivity (Wildman–Crippen MR) is 106 cm³/mol. The van der Waals surface area contributed by atoms with Crippen LogP contribution >= 0.6 is 27.3 Å². The second-order valence-corrected chi connectivity index (χ2v) is 8.15. The second-order valence-electron chi connectivity index (χ2n) is 6.18. The lowest BCUT2D eigenvalue weighted by atomic mass is 10.2. The zero-order valence-electron chi connectivity index (χ0n) is 15.0. The van der Waals surface area contributed by atoms with Gasteiger partial charge < -0.3 is 0 Å². The number of aromatic nitrogens is 4. The number of amides is 1. The molecule has 0 saturated heterocycles. The van der Waals surface area contributed by atoms with Gasteiger partial charge in [-0.15, -0.1) is 11.3 Å². The molecule has 0 aliphatic rings. The van der Waals surface area contributed by atoms with Crippen LogP contribution in [0.1, 0.15) is 42.7 Å². The van der Waals surface area contributed by atoms with Crippen LogP contribution in [0.3, 0.4) is 0 Å². The van der Waals surface area contributed by atoms with E-state index < -0.39 is 6.04 Å². The highest BCUT2D eigenvalue weighted by molar-refractivity contribution is 9.10. The molecule has 0 aliphatic heterocycles. The van der Waals surface area contributed by atoms with Crippen molar-refractivity contribution in [3.63, 3.8) is 0 Å². The molecular formula is C17H20BrN5O2S. The van der Waals surface area contributed by atoms with Crippen molar-refractivity contribution in [1.82, 2.24) is 19.4 Å². The molecule has 9 heteroatoms. The number of fused-ring (bicyclic) bond motifs is 1. The van der Waals surface area contributed by atoms with Gasteiger partial charge in [0.2, 0.25) is 0 Å². The molecule has 26 heavy (non-hydrogen) atoms. The Morgan fingerprint density at radius 1 is 1.42 bits per heavy atom. The molecule has 0 fully saturated rings. The fraction of sp³-hybridized carbons (Fsp3) is 0.412. The number of halogens is 1. The van der Waals surface area contributed by atoms with E-state index in [4.69, 9.17) is 0 Å². The van der Waals surface area contributed by atoms with Crippen LogP contribution in [0.5, 0.6) is 0 Å². The molecule has 0 saturated carbocycles. The Morgan fingerprint density at radius 2 is 2.15 bits per heavy atom. The Bertz CT molecular complexity index is 1020. The number of carbonyl (C=O) groups is 1. The van der Waals surface area contributed by atoms with Gasteiger partial charge in [-0.3, -0.25) is 19.7 Å². The number of hydrogen-bond donors (Lipinski definition) is 1. The number of carbonyl (C=O) groups excluding carboxylic acids is 1. The largest absolute Gasteiger partial charge is 0.281 e. The SMILES string of the molecule is CCCc1cc2c(=O)n(NC(=O)[C@H](C)n3cc(Br)c(C)n3)c(C)nc2s1. The van der Waals surface area contributed by atoms with Gasteiger partial charge in [0, 0.05) is 11.1 Å². The summed E-state index contributed by atoms with van der Waals surface area (Å²) in [6, 6.07) is 1.30. The van der Waals surface area contributed by atoms with Crippen molar-refractivity contribution in [1.29, 1.82) is 0 Å². The number of nitrogens with one attached hydrogen (secondary N) is 1. The fourth-order valence-electron chi connectivity index (χ4n) is 2.61. The summed E-state index contributed by atoms with van der Waals surface area (Å²) in [6.07, 6.45) is 3.66. The summed E-state index contributed by atoms with van der Waals surface area (Å²) in [6.45, 7) is 7.38. The molecule has 0 bridgehead atoms. The molecule has 0 aromatic carbocycles. The van der Waals surface area contributed by atoms with Gasteiger partial charge >= 0.3 is 0 Å². The first-order valence-electron chi connectivity index (χ1n) is 8.36. The van der Waals surface area contributed by atoms with Crippen LogP contribution in [0.4, 0.5) is 0 Å². The molecule has 3 aromatic heterocycles. The number of aryl methyl sites for hydroxylation is 3. The molecule has 3 rings (SSSR count). The lowest BCUT2D eigenvalue weighted by Crippen LogP contribution is -2.38. The van der Waals surface area contributed by atoms with Gasteiger partial charge in [0.05, 0.1) is 15.6 Å². The Kier molecular flexibility index (Phi) is 5.29. The van der Waals surface area contributed by atoms with Crippen LogP contribution in [0.25, 0.3) is 10.2 Å². The average Bonchev–Trinajstić information content (AvgIpc) is 3.14. The quantitative estimate of drug-likeness (QED) is 0.663. The highest BCUT2D eigenvalue weighted by atomic mass is 79.9. The van der Waals surface area contributed by atoms with Crippen LogP contribution in [-0.4, -0.2) is 25.3 Å². The van der Waals surface area contributed by atoms with Gasteiger partial charge in [-0.05, 0) is 49.2 Å². The first-order valence-corrected chi connectivity index (χ1v) is 9.97. The maximum Gasteiger partial charge on any atom is 0.281 e. The van der Waals surface area contributed by atoms with Crippen LogP contribution in [0.15, 0.2) is 21.5 Å². The van der Waals surface area contributed by atoms with Crippen molar-refractivity contribution >= 4 is 43.4 Å². The molecule has 1 amide bonds. The summed E-state index contributed by atoms with van der Waals surface area (Å²) in [4.78, 5) is 31.7. The molecule has 0 aliphatic carbocycles. The smallest absolute Gasteiger partial charge is 0.271 e. The molecule has 1 atom stereocenters. The third kappa shape index (κ3) is 3.45. The predicted octanol–water partition coefficient (Wildman–Crippen LogP) is 3.32. The molecule has 1 N–H and O–H groups in total.